The smallest absolute Gasteiger partial charge is 0.255 e. The number of halogens is 2. The van der Waals surface area contributed by atoms with Crippen LogP contribution in [0.3, 0.4) is 0 Å². The number of hydrogen-bond acceptors (Lipinski definition) is 2. The van der Waals surface area contributed by atoms with Crippen LogP contribution >= 0.6 is 35.4 Å². The third-order valence-corrected chi connectivity index (χ3v) is 4.60. The Balaban J connectivity index is 1.99. The van der Waals surface area contributed by atoms with Crippen molar-refractivity contribution in [3.63, 3.8) is 0 Å². The normalized spacial score (nSPS) is 16.9. The van der Waals surface area contributed by atoms with E-state index in [9.17, 15) is 4.79 Å². The van der Waals surface area contributed by atoms with Crippen molar-refractivity contribution >= 4 is 52.1 Å². The van der Waals surface area contributed by atoms with Gasteiger partial charge in [-0.1, -0.05) is 47.5 Å². The molecule has 25 heavy (non-hydrogen) atoms. The summed E-state index contributed by atoms with van der Waals surface area (Å²) >= 11 is 17.6. The molecule has 3 N–H and O–H groups in total. The lowest BCUT2D eigenvalue weighted by molar-refractivity contribution is -0.113. The van der Waals surface area contributed by atoms with Crippen molar-refractivity contribution in [2.24, 2.45) is 0 Å². The fraction of sp³-hybridized carbons (Fsp3) is 0.111. The highest BCUT2D eigenvalue weighted by molar-refractivity contribution is 7.80. The number of rotatable bonds is 3. The highest BCUT2D eigenvalue weighted by Crippen LogP contribution is 2.33. The third kappa shape index (κ3) is 3.95. The van der Waals surface area contributed by atoms with Crippen molar-refractivity contribution in [2.75, 3.05) is 5.32 Å². The molecule has 0 unspecified atom stereocenters. The lowest BCUT2D eigenvalue weighted by atomic mass is 9.95. The average Bonchev–Trinajstić information content (AvgIpc) is 2.54. The van der Waals surface area contributed by atoms with E-state index in [2.05, 4.69) is 16.0 Å². The maximum absolute atomic E-state index is 12.9. The van der Waals surface area contributed by atoms with Crippen LogP contribution in [0.25, 0.3) is 0 Å². The summed E-state index contributed by atoms with van der Waals surface area (Å²) in [7, 11) is 0. The molecular formula is C18H15Cl2N3OS. The van der Waals surface area contributed by atoms with Crippen LogP contribution in [0.5, 0.6) is 0 Å². The third-order valence-electron chi connectivity index (χ3n) is 3.82. The van der Waals surface area contributed by atoms with Gasteiger partial charge in [0.05, 0.1) is 11.6 Å². The largest absolute Gasteiger partial charge is 0.351 e. The molecule has 0 spiro atoms. The molecule has 0 fully saturated rings. The highest BCUT2D eigenvalue weighted by atomic mass is 35.5. The summed E-state index contributed by atoms with van der Waals surface area (Å²) in [6.07, 6.45) is 0. The first kappa shape index (κ1) is 17.7. The summed E-state index contributed by atoms with van der Waals surface area (Å²) in [4.78, 5) is 12.9. The van der Waals surface area contributed by atoms with Gasteiger partial charge in [-0.2, -0.15) is 0 Å². The number of benzene rings is 2. The lowest BCUT2D eigenvalue weighted by Crippen LogP contribution is -2.45. The molecule has 128 valence electrons. The molecule has 2 aromatic carbocycles. The molecule has 0 saturated heterocycles. The topological polar surface area (TPSA) is 53.2 Å². The molecule has 1 aliphatic heterocycles. The van der Waals surface area contributed by atoms with Gasteiger partial charge in [0, 0.05) is 21.4 Å². The summed E-state index contributed by atoms with van der Waals surface area (Å²) in [6, 6.07) is 14.0. The van der Waals surface area contributed by atoms with Crippen LogP contribution in [0.15, 0.2) is 59.8 Å². The Kier molecular flexibility index (Phi) is 5.27. The zero-order valence-corrected chi connectivity index (χ0v) is 15.6. The second-order valence-corrected chi connectivity index (χ2v) is 6.81. The van der Waals surface area contributed by atoms with Gasteiger partial charge in [0.25, 0.3) is 5.91 Å². The number of thiocarbonyl (C=S) groups is 1. The summed E-state index contributed by atoms with van der Waals surface area (Å²) in [5.74, 6) is -0.234. The average molecular weight is 392 g/mol. The number of allylic oxidation sites excluding steroid dienone is 1. The molecule has 1 aliphatic rings. The van der Waals surface area contributed by atoms with Gasteiger partial charge < -0.3 is 16.0 Å². The second-order valence-electron chi connectivity index (χ2n) is 5.56. The van der Waals surface area contributed by atoms with Crippen molar-refractivity contribution in [3.05, 3.63) is 75.4 Å². The second kappa shape index (κ2) is 7.44. The maximum Gasteiger partial charge on any atom is 0.255 e. The van der Waals surface area contributed by atoms with E-state index in [-0.39, 0.29) is 5.91 Å². The fourth-order valence-electron chi connectivity index (χ4n) is 2.68. The van der Waals surface area contributed by atoms with E-state index in [0.29, 0.717) is 32.1 Å². The quantitative estimate of drug-likeness (QED) is 0.677. The van der Waals surface area contributed by atoms with Gasteiger partial charge >= 0.3 is 0 Å². The Bertz CT molecular complexity index is 868. The van der Waals surface area contributed by atoms with Gasteiger partial charge in [0.15, 0.2) is 5.11 Å². The van der Waals surface area contributed by atoms with Crippen LogP contribution < -0.4 is 16.0 Å². The van der Waals surface area contributed by atoms with Crippen LogP contribution in [-0.4, -0.2) is 11.0 Å². The molecule has 1 heterocycles. The molecule has 2 aromatic rings. The van der Waals surface area contributed by atoms with E-state index in [1.807, 2.05) is 37.3 Å². The molecule has 0 aromatic heterocycles. The van der Waals surface area contributed by atoms with Gasteiger partial charge in [-0.25, -0.2) is 0 Å². The summed E-state index contributed by atoms with van der Waals surface area (Å²) in [5.41, 5.74) is 2.63. The van der Waals surface area contributed by atoms with Crippen LogP contribution in [0.1, 0.15) is 18.5 Å². The standard InChI is InChI=1S/C18H15Cl2N3OS/c1-10-15(17(24)22-12-5-3-2-4-6-12)16(23-18(25)21-10)13-8-7-11(19)9-14(13)20/h2-9,16H,1H3,(H,22,24)(H2,21,23,25)/t16-/m1/s1. The van der Waals surface area contributed by atoms with Gasteiger partial charge in [0.2, 0.25) is 0 Å². The Morgan fingerprint density at radius 1 is 1.16 bits per heavy atom. The molecule has 0 aliphatic carbocycles. The number of hydrogen-bond donors (Lipinski definition) is 3. The zero-order chi connectivity index (χ0) is 18.0. The predicted octanol–water partition coefficient (Wildman–Crippen LogP) is 4.42. The van der Waals surface area contributed by atoms with Crippen molar-refractivity contribution in [2.45, 2.75) is 13.0 Å². The minimum absolute atomic E-state index is 0.234. The van der Waals surface area contributed by atoms with Crippen molar-refractivity contribution in [1.82, 2.24) is 10.6 Å². The minimum atomic E-state index is -0.470. The van der Waals surface area contributed by atoms with Crippen molar-refractivity contribution < 1.29 is 4.79 Å². The Morgan fingerprint density at radius 3 is 2.56 bits per heavy atom. The van der Waals surface area contributed by atoms with Crippen molar-refractivity contribution in [1.29, 1.82) is 0 Å². The lowest BCUT2D eigenvalue weighted by Gasteiger charge is -2.31. The zero-order valence-electron chi connectivity index (χ0n) is 13.3. The Labute approximate surface area is 161 Å². The Morgan fingerprint density at radius 2 is 1.88 bits per heavy atom. The summed E-state index contributed by atoms with van der Waals surface area (Å²) < 4.78 is 0. The van der Waals surface area contributed by atoms with Gasteiger partial charge in [-0.05, 0) is 49.0 Å². The molecule has 1 atom stereocenters. The van der Waals surface area contributed by atoms with Gasteiger partial charge in [0.1, 0.15) is 0 Å². The van der Waals surface area contributed by atoms with Crippen LogP contribution in [0.4, 0.5) is 5.69 Å². The summed E-state index contributed by atoms with van der Waals surface area (Å²) in [5, 5.41) is 10.4. The predicted molar refractivity (Wildman–Crippen MR) is 106 cm³/mol. The summed E-state index contributed by atoms with van der Waals surface area (Å²) in [6.45, 7) is 1.81. The number of nitrogens with one attached hydrogen (secondary N) is 3. The maximum atomic E-state index is 12.9. The van der Waals surface area contributed by atoms with E-state index in [0.717, 1.165) is 5.56 Å². The first-order valence-electron chi connectivity index (χ1n) is 7.55. The van der Waals surface area contributed by atoms with E-state index in [1.165, 1.54) is 0 Å². The molecule has 0 radical (unpaired) electrons. The highest BCUT2D eigenvalue weighted by Gasteiger charge is 2.31. The van der Waals surface area contributed by atoms with Crippen LogP contribution in [-0.2, 0) is 4.79 Å². The molecule has 0 saturated carbocycles. The van der Waals surface area contributed by atoms with E-state index < -0.39 is 6.04 Å². The van der Waals surface area contributed by atoms with E-state index in [4.69, 9.17) is 35.4 Å². The number of carbonyl (C=O) groups excluding carboxylic acids is 1. The fourth-order valence-corrected chi connectivity index (χ4v) is 3.47. The van der Waals surface area contributed by atoms with Gasteiger partial charge in [-0.3, -0.25) is 4.79 Å². The molecule has 3 rings (SSSR count). The SMILES string of the molecule is CC1=C(C(=O)Nc2ccccc2)[C@@H](c2ccc(Cl)cc2Cl)NC(=S)N1. The molecule has 1 amide bonds. The minimum Gasteiger partial charge on any atom is -0.351 e. The van der Waals surface area contributed by atoms with Crippen molar-refractivity contribution in [3.8, 4) is 0 Å². The molecule has 4 nitrogen and oxygen atoms in total. The number of carbonyl (C=O) groups is 1. The van der Waals surface area contributed by atoms with Gasteiger partial charge in [-0.15, -0.1) is 0 Å². The number of para-hydroxylation sites is 1. The Hall–Kier alpha value is -2.08. The number of amides is 1. The molecular weight excluding hydrogens is 377 g/mol. The molecule has 0 bridgehead atoms. The van der Waals surface area contributed by atoms with E-state index in [1.54, 1.807) is 18.2 Å². The first-order chi connectivity index (χ1) is 12.0. The monoisotopic (exact) mass is 391 g/mol. The molecule has 7 heteroatoms. The van der Waals surface area contributed by atoms with Crippen LogP contribution in [0, 0.1) is 0 Å². The first-order valence-corrected chi connectivity index (χ1v) is 8.72. The van der Waals surface area contributed by atoms with Crippen LogP contribution in [0.2, 0.25) is 10.0 Å². The van der Waals surface area contributed by atoms with E-state index >= 15 is 0 Å². The number of anilines is 1.